The van der Waals surface area contributed by atoms with Crippen molar-refractivity contribution >= 4 is 31.5 Å². The third-order valence-corrected chi connectivity index (χ3v) is 7.94. The number of amides is 3. The molecule has 0 saturated carbocycles. The Morgan fingerprint density at radius 3 is 1.98 bits per heavy atom. The molecule has 0 bridgehead atoms. The highest BCUT2D eigenvalue weighted by atomic mass is 31.2. The SMILES string of the molecule is CN[C@H](C(=O)N[C@H](C(=O)N(C)[C@H](/C=C(\C)C(=O)N[C@@H](COP(=O)(O)O)C(=O)O)C(C)C)C(C)(C)C)C(C)(C)c1ccccc1. The van der Waals surface area contributed by atoms with Crippen molar-refractivity contribution in [1.82, 2.24) is 20.9 Å². The smallest absolute Gasteiger partial charge is 0.469 e. The van der Waals surface area contributed by atoms with Crippen LogP contribution in [0.15, 0.2) is 42.0 Å². The van der Waals surface area contributed by atoms with Crippen LogP contribution in [0.4, 0.5) is 0 Å². The number of carboxylic acids is 1. The number of likely N-dealkylation sites (N-methyl/N-ethyl adjacent to an activating group) is 2. The summed E-state index contributed by atoms with van der Waals surface area (Å²) in [4.78, 5) is 71.3. The Kier molecular flexibility index (Phi) is 13.9. The molecule has 0 aromatic heterocycles. The second-order valence-corrected chi connectivity index (χ2v) is 14.0. The van der Waals surface area contributed by atoms with Gasteiger partial charge in [-0.25, -0.2) is 9.36 Å². The van der Waals surface area contributed by atoms with E-state index in [1.54, 1.807) is 14.1 Å². The summed E-state index contributed by atoms with van der Waals surface area (Å²) in [7, 11) is -1.70. The largest absolute Gasteiger partial charge is 0.480 e. The number of phosphoric acid groups is 1. The molecule has 248 valence electrons. The highest BCUT2D eigenvalue weighted by Crippen LogP contribution is 2.35. The van der Waals surface area contributed by atoms with Crippen molar-refractivity contribution in [2.24, 2.45) is 11.3 Å². The van der Waals surface area contributed by atoms with Crippen molar-refractivity contribution in [3.05, 3.63) is 47.5 Å². The zero-order chi connectivity index (χ0) is 34.2. The van der Waals surface area contributed by atoms with Gasteiger partial charge in [0.25, 0.3) is 0 Å². The Hall–Kier alpha value is -3.09. The second kappa shape index (κ2) is 15.8. The first-order valence-corrected chi connectivity index (χ1v) is 15.8. The Balaban J connectivity index is 3.27. The van der Waals surface area contributed by atoms with Crippen LogP contribution in [0, 0.1) is 11.3 Å². The Labute approximate surface area is 260 Å². The van der Waals surface area contributed by atoms with Gasteiger partial charge in [0.05, 0.1) is 18.7 Å². The average Bonchev–Trinajstić information content (AvgIpc) is 2.90. The molecule has 0 fully saturated rings. The van der Waals surface area contributed by atoms with Gasteiger partial charge < -0.3 is 35.7 Å². The van der Waals surface area contributed by atoms with Crippen molar-refractivity contribution in [3.63, 3.8) is 0 Å². The number of hydrogen-bond acceptors (Lipinski definition) is 7. The maximum atomic E-state index is 14.0. The lowest BCUT2D eigenvalue weighted by Crippen LogP contribution is -2.61. The predicted molar refractivity (Wildman–Crippen MR) is 166 cm³/mol. The van der Waals surface area contributed by atoms with Crippen molar-refractivity contribution in [1.29, 1.82) is 0 Å². The highest BCUT2D eigenvalue weighted by molar-refractivity contribution is 7.46. The Bertz CT molecular complexity index is 1240. The van der Waals surface area contributed by atoms with Crippen LogP contribution in [0.25, 0.3) is 0 Å². The first-order valence-electron chi connectivity index (χ1n) is 14.3. The number of carbonyl (C=O) groups excluding carboxylic acids is 3. The molecule has 4 atom stereocenters. The van der Waals surface area contributed by atoms with Gasteiger partial charge >= 0.3 is 13.8 Å². The van der Waals surface area contributed by atoms with Crippen LogP contribution in [0.5, 0.6) is 0 Å². The van der Waals surface area contributed by atoms with Crippen LogP contribution in [0.1, 0.15) is 61.0 Å². The first kappa shape index (κ1) is 38.9. The van der Waals surface area contributed by atoms with Crippen LogP contribution in [0.2, 0.25) is 0 Å². The molecule has 1 aromatic rings. The summed E-state index contributed by atoms with van der Waals surface area (Å²) in [5, 5.41) is 17.6. The van der Waals surface area contributed by atoms with Crippen LogP contribution in [-0.4, -0.2) is 88.4 Å². The van der Waals surface area contributed by atoms with Gasteiger partial charge in [0.15, 0.2) is 6.04 Å². The molecule has 1 aromatic carbocycles. The Morgan fingerprint density at radius 1 is 1.00 bits per heavy atom. The van der Waals surface area contributed by atoms with E-state index in [0.717, 1.165) is 5.56 Å². The van der Waals surface area contributed by atoms with E-state index in [1.165, 1.54) is 17.9 Å². The van der Waals surface area contributed by atoms with E-state index in [-0.39, 0.29) is 23.3 Å². The monoisotopic (exact) mass is 640 g/mol. The van der Waals surface area contributed by atoms with Gasteiger partial charge in [0, 0.05) is 18.0 Å². The van der Waals surface area contributed by atoms with Gasteiger partial charge in [-0.15, -0.1) is 0 Å². The number of nitrogens with zero attached hydrogens (tertiary/aromatic N) is 1. The van der Waals surface area contributed by atoms with E-state index in [1.807, 2.05) is 78.8 Å². The molecule has 0 spiro atoms. The summed E-state index contributed by atoms with van der Waals surface area (Å²) in [5.41, 5.74) is -0.291. The first-order chi connectivity index (χ1) is 20.0. The molecule has 13 nitrogen and oxygen atoms in total. The molecule has 0 heterocycles. The number of benzene rings is 1. The number of carboxylic acid groups (broad SMARTS) is 1. The number of nitrogens with one attached hydrogen (secondary N) is 3. The number of hydrogen-bond donors (Lipinski definition) is 6. The van der Waals surface area contributed by atoms with E-state index in [0.29, 0.717) is 0 Å². The van der Waals surface area contributed by atoms with Crippen LogP contribution in [-0.2, 0) is 33.7 Å². The topological polar surface area (TPSA) is 195 Å². The predicted octanol–water partition coefficient (Wildman–Crippen LogP) is 2.19. The molecule has 6 N–H and O–H groups in total. The van der Waals surface area contributed by atoms with Crippen LogP contribution in [0.3, 0.4) is 0 Å². The van der Waals surface area contributed by atoms with E-state index < -0.39 is 61.3 Å². The number of phosphoric ester groups is 1. The lowest BCUT2D eigenvalue weighted by atomic mass is 9.76. The molecule has 0 aliphatic rings. The third-order valence-electron chi connectivity index (χ3n) is 7.46. The molecule has 0 radical (unpaired) electrons. The normalized spacial score (nSPS) is 15.6. The number of rotatable bonds is 15. The third kappa shape index (κ3) is 11.1. The molecule has 14 heteroatoms. The van der Waals surface area contributed by atoms with Crippen LogP contribution >= 0.6 is 7.82 Å². The average molecular weight is 641 g/mol. The van der Waals surface area contributed by atoms with Gasteiger partial charge in [-0.1, -0.05) is 84.9 Å². The molecule has 0 saturated heterocycles. The van der Waals surface area contributed by atoms with E-state index in [9.17, 15) is 28.8 Å². The summed E-state index contributed by atoms with van der Waals surface area (Å²) in [5.74, 6) is -3.31. The minimum Gasteiger partial charge on any atom is -0.480 e. The minimum atomic E-state index is -4.96. The van der Waals surface area contributed by atoms with Crippen molar-refractivity contribution in [3.8, 4) is 0 Å². The maximum absolute atomic E-state index is 14.0. The molecule has 3 amide bonds. The summed E-state index contributed by atoms with van der Waals surface area (Å²) in [6.07, 6.45) is 1.51. The van der Waals surface area contributed by atoms with Gasteiger partial charge in [0.2, 0.25) is 17.7 Å². The molecule has 0 aliphatic heterocycles. The van der Waals surface area contributed by atoms with E-state index >= 15 is 0 Å². The summed E-state index contributed by atoms with van der Waals surface area (Å²) in [6, 6.07) is 5.62. The number of carbonyl (C=O) groups is 4. The fraction of sp³-hybridized carbons (Fsp3) is 0.600. The van der Waals surface area contributed by atoms with Gasteiger partial charge in [-0.3, -0.25) is 18.9 Å². The molecule has 1 rings (SSSR count). The lowest BCUT2D eigenvalue weighted by Gasteiger charge is -2.40. The van der Waals surface area contributed by atoms with Gasteiger partial charge in [0.1, 0.15) is 6.04 Å². The van der Waals surface area contributed by atoms with Crippen molar-refractivity contribution < 1.29 is 43.2 Å². The van der Waals surface area contributed by atoms with Gasteiger partial charge in [-0.05, 0) is 30.9 Å². The zero-order valence-corrected chi connectivity index (χ0v) is 28.1. The molecular formula is C30H49N4O9P. The van der Waals surface area contributed by atoms with Crippen molar-refractivity contribution in [2.45, 2.75) is 85.0 Å². The molecular weight excluding hydrogens is 591 g/mol. The minimum absolute atomic E-state index is 0.0713. The summed E-state index contributed by atoms with van der Waals surface area (Å²) in [6.45, 7) is 13.6. The fourth-order valence-electron chi connectivity index (χ4n) is 4.78. The second-order valence-electron chi connectivity index (χ2n) is 12.8. The standard InChI is InChI=1S/C30H49N4O9P/c1-18(2)22(16-19(3)25(35)32-21(28(38)39)17-43-44(40,41)42)34(10)27(37)24(29(4,5)6)33-26(36)23(31-9)30(7,8)20-14-12-11-13-15-20/h11-16,18,21-24,31H,17H2,1-10H3,(H,32,35)(H,33,36)(H,38,39)(H2,40,41,42)/b19-16+/t21-,22+,23+,24+/m0/s1. The Morgan fingerprint density at radius 2 is 1.55 bits per heavy atom. The van der Waals surface area contributed by atoms with E-state index in [4.69, 9.17) is 9.79 Å². The van der Waals surface area contributed by atoms with Crippen molar-refractivity contribution in [2.75, 3.05) is 20.7 Å². The maximum Gasteiger partial charge on any atom is 0.469 e. The molecule has 0 unspecified atom stereocenters. The van der Waals surface area contributed by atoms with E-state index in [2.05, 4.69) is 20.5 Å². The summed E-state index contributed by atoms with van der Waals surface area (Å²) < 4.78 is 15.2. The summed E-state index contributed by atoms with van der Waals surface area (Å²) >= 11 is 0. The highest BCUT2D eigenvalue weighted by Gasteiger charge is 2.41. The van der Waals surface area contributed by atoms with Gasteiger partial charge in [-0.2, -0.15) is 0 Å². The molecule has 0 aliphatic carbocycles. The quantitative estimate of drug-likeness (QED) is 0.122. The zero-order valence-electron chi connectivity index (χ0n) is 27.2. The lowest BCUT2D eigenvalue weighted by molar-refractivity contribution is -0.142. The molecule has 44 heavy (non-hydrogen) atoms. The van der Waals surface area contributed by atoms with Crippen LogP contribution < -0.4 is 16.0 Å². The number of aliphatic carboxylic acids is 1. The fourth-order valence-corrected chi connectivity index (χ4v) is 5.12.